The molecule has 1 aliphatic rings. The number of rotatable bonds is 9. The predicted octanol–water partition coefficient (Wildman–Crippen LogP) is 3.32. The third-order valence-electron chi connectivity index (χ3n) is 6.34. The quantitative estimate of drug-likeness (QED) is 0.333. The lowest BCUT2D eigenvalue weighted by Gasteiger charge is -2.15. The van der Waals surface area contributed by atoms with Gasteiger partial charge in [-0.1, -0.05) is 0 Å². The Morgan fingerprint density at radius 1 is 1.03 bits per heavy atom. The van der Waals surface area contributed by atoms with Crippen molar-refractivity contribution in [2.75, 3.05) is 38.1 Å². The van der Waals surface area contributed by atoms with E-state index in [-0.39, 0.29) is 17.3 Å². The van der Waals surface area contributed by atoms with Crippen LogP contribution in [0.1, 0.15) is 12.8 Å². The minimum Gasteiger partial charge on any atom is -0.485 e. The molecule has 0 unspecified atom stereocenters. The Morgan fingerprint density at radius 2 is 1.82 bits per heavy atom. The summed E-state index contributed by atoms with van der Waals surface area (Å²) in [6.45, 7) is 3.13. The van der Waals surface area contributed by atoms with Gasteiger partial charge in [-0.15, -0.1) is 0 Å². The van der Waals surface area contributed by atoms with Gasteiger partial charge in [0.05, 0.1) is 13.3 Å². The van der Waals surface area contributed by atoms with E-state index in [9.17, 15) is 22.0 Å². The Morgan fingerprint density at radius 3 is 2.56 bits per heavy atom. The second-order valence-corrected chi connectivity index (χ2v) is 10.6. The zero-order valence-electron chi connectivity index (χ0n) is 20.9. The normalized spacial score (nSPS) is 14.0. The summed E-state index contributed by atoms with van der Waals surface area (Å²) < 4.78 is 67.7. The lowest BCUT2D eigenvalue weighted by molar-refractivity contribution is 0.235. The first-order valence-corrected chi connectivity index (χ1v) is 13.6. The average molecular weight is 558 g/mol. The van der Waals surface area contributed by atoms with Crippen LogP contribution in [0.3, 0.4) is 0 Å². The number of anilines is 1. The van der Waals surface area contributed by atoms with Crippen LogP contribution >= 0.6 is 0 Å². The molecule has 1 aliphatic heterocycles. The summed E-state index contributed by atoms with van der Waals surface area (Å²) in [5, 5.41) is 0. The maximum atomic E-state index is 14.2. The van der Waals surface area contributed by atoms with Crippen LogP contribution in [-0.4, -0.2) is 61.0 Å². The number of pyridine rings is 2. The van der Waals surface area contributed by atoms with Crippen molar-refractivity contribution in [2.24, 2.45) is 0 Å². The molecule has 0 spiro atoms. The molecular weight excluding hydrogens is 532 g/mol. The number of aromatic nitrogens is 3. The van der Waals surface area contributed by atoms with Gasteiger partial charge in [-0.2, -0.15) is 0 Å². The average Bonchev–Trinajstić information content (AvgIpc) is 3.43. The summed E-state index contributed by atoms with van der Waals surface area (Å²) in [7, 11) is -3.15. The Balaban J connectivity index is 1.44. The highest BCUT2D eigenvalue weighted by Crippen LogP contribution is 2.30. The molecule has 4 aromatic rings. The summed E-state index contributed by atoms with van der Waals surface area (Å²) in [4.78, 5) is 23.1. The number of ether oxygens (including phenoxy) is 2. The van der Waals surface area contributed by atoms with Crippen molar-refractivity contribution in [1.29, 1.82) is 0 Å². The highest BCUT2D eigenvalue weighted by atomic mass is 32.2. The summed E-state index contributed by atoms with van der Waals surface area (Å²) in [5.41, 5.74) is 0.872. The Kier molecular flexibility index (Phi) is 7.44. The molecule has 0 atom stereocenters. The fraction of sp³-hybridized carbons (Fsp3) is 0.269. The van der Waals surface area contributed by atoms with E-state index in [2.05, 4.69) is 19.6 Å². The third kappa shape index (κ3) is 5.68. The van der Waals surface area contributed by atoms with E-state index in [1.54, 1.807) is 18.3 Å². The Hall–Kier alpha value is -4.10. The van der Waals surface area contributed by atoms with Crippen molar-refractivity contribution in [2.45, 2.75) is 17.7 Å². The first-order valence-electron chi connectivity index (χ1n) is 12.1. The van der Waals surface area contributed by atoms with Crippen LogP contribution < -0.4 is 19.8 Å². The van der Waals surface area contributed by atoms with Gasteiger partial charge in [0.1, 0.15) is 34.5 Å². The fourth-order valence-corrected chi connectivity index (χ4v) is 5.47. The van der Waals surface area contributed by atoms with E-state index in [0.717, 1.165) is 44.6 Å². The van der Waals surface area contributed by atoms with Gasteiger partial charge in [0.25, 0.3) is 15.6 Å². The van der Waals surface area contributed by atoms with E-state index >= 15 is 0 Å². The van der Waals surface area contributed by atoms with Crippen molar-refractivity contribution in [3.63, 3.8) is 0 Å². The lowest BCUT2D eigenvalue weighted by Crippen LogP contribution is -2.27. The van der Waals surface area contributed by atoms with Gasteiger partial charge in [-0.25, -0.2) is 27.2 Å². The van der Waals surface area contributed by atoms with Crippen molar-refractivity contribution in [1.82, 2.24) is 19.3 Å². The summed E-state index contributed by atoms with van der Waals surface area (Å²) in [6, 6.07) is 6.90. The topological polar surface area (TPSA) is 115 Å². The van der Waals surface area contributed by atoms with Gasteiger partial charge in [-0.05, 0) is 56.3 Å². The largest absolute Gasteiger partial charge is 0.485 e. The molecule has 204 valence electrons. The second kappa shape index (κ2) is 10.9. The number of halogens is 2. The zero-order chi connectivity index (χ0) is 27.6. The molecule has 5 rings (SSSR count). The Bertz CT molecular complexity index is 1690. The van der Waals surface area contributed by atoms with Crippen LogP contribution in [0.2, 0.25) is 0 Å². The maximum Gasteiger partial charge on any atom is 0.300 e. The van der Waals surface area contributed by atoms with Gasteiger partial charge < -0.3 is 9.47 Å². The molecule has 39 heavy (non-hydrogen) atoms. The smallest absolute Gasteiger partial charge is 0.300 e. The zero-order valence-corrected chi connectivity index (χ0v) is 21.7. The van der Waals surface area contributed by atoms with E-state index in [1.165, 1.54) is 30.0 Å². The molecule has 1 saturated heterocycles. The van der Waals surface area contributed by atoms with Gasteiger partial charge in [0, 0.05) is 36.1 Å². The van der Waals surface area contributed by atoms with E-state index < -0.39 is 32.1 Å². The molecule has 1 aromatic carbocycles. The van der Waals surface area contributed by atoms with E-state index in [4.69, 9.17) is 9.47 Å². The van der Waals surface area contributed by atoms with Gasteiger partial charge >= 0.3 is 0 Å². The van der Waals surface area contributed by atoms with Crippen LogP contribution in [0.25, 0.3) is 16.8 Å². The summed E-state index contributed by atoms with van der Waals surface area (Å²) >= 11 is 0. The molecule has 1 N–H and O–H groups in total. The number of sulfonamides is 1. The molecule has 10 nitrogen and oxygen atoms in total. The van der Waals surface area contributed by atoms with Gasteiger partial charge in [0.15, 0.2) is 0 Å². The summed E-state index contributed by atoms with van der Waals surface area (Å²) in [6.07, 6.45) is 6.70. The minimum atomic E-state index is -4.45. The molecule has 0 aliphatic carbocycles. The van der Waals surface area contributed by atoms with E-state index in [1.807, 2.05) is 0 Å². The molecule has 0 radical (unpaired) electrons. The monoisotopic (exact) mass is 557 g/mol. The molecule has 1 fully saturated rings. The SMILES string of the molecule is COc1ncc(-c2ccc3ncc(OCCN4CCCC4)c(=O)n3c2)cc1NS(=O)(=O)c1ccc(F)cc1F. The number of nitrogens with one attached hydrogen (secondary N) is 1. The molecule has 0 saturated carbocycles. The number of nitrogens with zero attached hydrogens (tertiary/aromatic N) is 4. The number of benzene rings is 1. The molecule has 13 heteroatoms. The van der Waals surface area contributed by atoms with Crippen LogP contribution in [0.4, 0.5) is 14.5 Å². The summed E-state index contributed by atoms with van der Waals surface area (Å²) in [5.74, 6) is -2.11. The second-order valence-electron chi connectivity index (χ2n) is 8.93. The molecule has 4 heterocycles. The number of likely N-dealkylation sites (tertiary alicyclic amines) is 1. The first-order chi connectivity index (χ1) is 18.7. The van der Waals surface area contributed by atoms with Crippen molar-refractivity contribution in [3.8, 4) is 22.8 Å². The molecule has 3 aromatic heterocycles. The third-order valence-corrected chi connectivity index (χ3v) is 7.74. The highest BCUT2D eigenvalue weighted by molar-refractivity contribution is 7.92. The fourth-order valence-electron chi connectivity index (χ4n) is 4.36. The highest BCUT2D eigenvalue weighted by Gasteiger charge is 2.22. The standard InChI is InChI=1S/C26H25F2N5O5S/c1-37-25-21(31-39(35,36)23-6-5-19(27)13-20(23)28)12-18(14-30-25)17-4-7-24-29-15-22(26(34)33(24)16-17)38-11-10-32-8-2-3-9-32/h4-7,12-16,31H,2-3,8-11H2,1H3. The van der Waals surface area contributed by atoms with Crippen LogP contribution in [0, 0.1) is 11.6 Å². The Labute approximate surface area is 222 Å². The van der Waals surface area contributed by atoms with Crippen molar-refractivity contribution < 1.29 is 26.7 Å². The number of methoxy groups -OCH3 is 1. The van der Waals surface area contributed by atoms with Crippen LogP contribution in [-0.2, 0) is 10.0 Å². The first kappa shape index (κ1) is 26.5. The number of hydrogen-bond acceptors (Lipinski definition) is 8. The molecular formula is C26H25F2N5O5S. The lowest BCUT2D eigenvalue weighted by atomic mass is 10.1. The number of fused-ring (bicyclic) bond motifs is 1. The maximum absolute atomic E-state index is 14.2. The van der Waals surface area contributed by atoms with Crippen LogP contribution in [0.5, 0.6) is 11.6 Å². The van der Waals surface area contributed by atoms with Crippen molar-refractivity contribution >= 4 is 21.4 Å². The van der Waals surface area contributed by atoms with Gasteiger partial charge in [0.2, 0.25) is 11.6 Å². The van der Waals surface area contributed by atoms with E-state index in [0.29, 0.717) is 29.4 Å². The minimum absolute atomic E-state index is 0.0712. The van der Waals surface area contributed by atoms with Gasteiger partial charge in [-0.3, -0.25) is 18.8 Å². The molecule has 0 bridgehead atoms. The van der Waals surface area contributed by atoms with Crippen molar-refractivity contribution in [3.05, 3.63) is 77.0 Å². The predicted molar refractivity (Wildman–Crippen MR) is 140 cm³/mol. The van der Waals surface area contributed by atoms with Crippen LogP contribution in [0.15, 0.2) is 64.7 Å². The number of hydrogen-bond donors (Lipinski definition) is 1. The molecule has 0 amide bonds.